The molecule has 1 heterocycles. The molecule has 0 aliphatic heterocycles. The van der Waals surface area contributed by atoms with Crippen molar-refractivity contribution in [3.8, 4) is 44.6 Å². The van der Waals surface area contributed by atoms with E-state index in [0.717, 1.165) is 27.1 Å². The van der Waals surface area contributed by atoms with E-state index in [2.05, 4.69) is 15.4 Å². The van der Waals surface area contributed by atoms with Crippen LogP contribution in [0.3, 0.4) is 0 Å². The highest BCUT2D eigenvalue weighted by molar-refractivity contribution is 7.10. The minimum Gasteiger partial charge on any atom is -1.00 e. The second kappa shape index (κ2) is 12.4. The van der Waals surface area contributed by atoms with Gasteiger partial charge < -0.3 is 42.4 Å². The van der Waals surface area contributed by atoms with Crippen molar-refractivity contribution < 1.29 is 41.9 Å². The van der Waals surface area contributed by atoms with Gasteiger partial charge in [0.25, 0.3) is 5.91 Å². The van der Waals surface area contributed by atoms with E-state index in [0.29, 0.717) is 28.7 Å². The summed E-state index contributed by atoms with van der Waals surface area (Å²) in [6.45, 7) is 0. The molecule has 0 saturated carbocycles. The van der Waals surface area contributed by atoms with Crippen molar-refractivity contribution >= 4 is 23.1 Å². The molecule has 0 aliphatic carbocycles. The smallest absolute Gasteiger partial charge is 0.287 e. The molecule has 0 saturated heterocycles. The summed E-state index contributed by atoms with van der Waals surface area (Å²) in [4.78, 5) is 13.9. The summed E-state index contributed by atoms with van der Waals surface area (Å²) in [7, 11) is 6.30. The standard InChI is InChI=1S/C27H27N3O5S.ClH/c1-32-21-11-10-17(12-20(21)30-27(31)24(28)16-8-6-5-7-9-16)19-15-29-36-26(19)18-13-22(33-2)25(35-4)23(14-18)34-3;/h5-15,24H,28H2,1-4H3,(H,30,31);1H/t24-;/m1./s1. The highest BCUT2D eigenvalue weighted by Crippen LogP contribution is 2.45. The highest BCUT2D eigenvalue weighted by atomic mass is 35.5. The van der Waals surface area contributed by atoms with Gasteiger partial charge in [-0.15, -0.1) is 0 Å². The van der Waals surface area contributed by atoms with Crippen molar-refractivity contribution in [3.63, 3.8) is 0 Å². The summed E-state index contributed by atoms with van der Waals surface area (Å²) in [5.74, 6) is 1.94. The molecule has 0 spiro atoms. The van der Waals surface area contributed by atoms with Gasteiger partial charge in [0.1, 0.15) is 5.75 Å². The van der Waals surface area contributed by atoms with Crippen LogP contribution in [0.2, 0.25) is 0 Å². The maximum atomic E-state index is 13.0. The molecule has 10 heteroatoms. The number of halogens is 1. The van der Waals surface area contributed by atoms with E-state index in [1.807, 2.05) is 60.7 Å². The molecule has 0 bridgehead atoms. The number of methoxy groups -OCH3 is 4. The summed E-state index contributed by atoms with van der Waals surface area (Å²) >= 11 is 1.35. The van der Waals surface area contributed by atoms with Crippen molar-refractivity contribution in [2.45, 2.75) is 6.04 Å². The van der Waals surface area contributed by atoms with Gasteiger partial charge in [0.15, 0.2) is 17.5 Å². The third kappa shape index (κ3) is 5.80. The number of rotatable bonds is 9. The quantitative estimate of drug-likeness (QED) is 0.332. The average molecular weight is 542 g/mol. The van der Waals surface area contributed by atoms with Gasteiger partial charge in [0.05, 0.1) is 39.0 Å². The number of benzene rings is 3. The second-order valence-corrected chi connectivity index (χ2v) is 8.65. The minimum atomic E-state index is -0.572. The Morgan fingerprint density at radius 2 is 1.51 bits per heavy atom. The van der Waals surface area contributed by atoms with Crippen LogP contribution < -0.4 is 42.4 Å². The van der Waals surface area contributed by atoms with Gasteiger partial charge in [0.2, 0.25) is 5.75 Å². The van der Waals surface area contributed by atoms with Crippen molar-refractivity contribution in [2.24, 2.45) is 0 Å². The predicted octanol–water partition coefficient (Wildman–Crippen LogP) is 1.44. The summed E-state index contributed by atoms with van der Waals surface area (Å²) in [6, 6.07) is 18.3. The van der Waals surface area contributed by atoms with Gasteiger partial charge in [-0.1, -0.05) is 36.4 Å². The van der Waals surface area contributed by atoms with E-state index < -0.39 is 6.04 Å². The van der Waals surface area contributed by atoms with E-state index in [1.54, 1.807) is 34.6 Å². The zero-order valence-electron chi connectivity index (χ0n) is 20.9. The predicted molar refractivity (Wildman–Crippen MR) is 140 cm³/mol. The fourth-order valence-electron chi connectivity index (χ4n) is 3.90. The molecule has 4 aromatic rings. The van der Waals surface area contributed by atoms with Crippen LogP contribution >= 0.6 is 11.5 Å². The Balaban J connectivity index is 0.00000380. The summed E-state index contributed by atoms with van der Waals surface area (Å²) in [5, 5.41) is 2.97. The molecule has 1 atom stereocenters. The lowest BCUT2D eigenvalue weighted by Crippen LogP contribution is -3.00. The number of anilines is 1. The van der Waals surface area contributed by atoms with Crippen LogP contribution in [0, 0.1) is 0 Å². The van der Waals surface area contributed by atoms with E-state index in [-0.39, 0.29) is 18.3 Å². The molecule has 37 heavy (non-hydrogen) atoms. The SMILES string of the molecule is COc1ccc(-c2cnsc2-c2cc(OC)c(OC)c(OC)c2)cc1NC(=O)[C@H]([NH3+])c1ccccc1.[Cl-]. The Hall–Kier alpha value is -3.79. The zero-order chi connectivity index (χ0) is 25.7. The Kier molecular flexibility index (Phi) is 9.35. The lowest BCUT2D eigenvalue weighted by Gasteiger charge is -2.15. The number of nitrogens with one attached hydrogen (secondary N) is 1. The van der Waals surface area contributed by atoms with Crippen LogP contribution in [0.4, 0.5) is 5.69 Å². The van der Waals surface area contributed by atoms with E-state index in [1.165, 1.54) is 11.5 Å². The molecule has 0 radical (unpaired) electrons. The average Bonchev–Trinajstić information content (AvgIpc) is 3.42. The molecule has 3 aromatic carbocycles. The first-order valence-electron chi connectivity index (χ1n) is 11.1. The topological polar surface area (TPSA) is 107 Å². The Morgan fingerprint density at radius 3 is 2.11 bits per heavy atom. The third-order valence-electron chi connectivity index (χ3n) is 5.78. The number of hydrogen-bond acceptors (Lipinski definition) is 7. The Bertz CT molecular complexity index is 1340. The van der Waals surface area contributed by atoms with Crippen molar-refractivity contribution in [2.75, 3.05) is 33.8 Å². The van der Waals surface area contributed by atoms with Crippen LogP contribution in [-0.4, -0.2) is 38.7 Å². The minimum absolute atomic E-state index is 0. The third-order valence-corrected chi connectivity index (χ3v) is 6.63. The lowest BCUT2D eigenvalue weighted by molar-refractivity contribution is -0.408. The molecule has 0 aliphatic rings. The number of hydrogen-bond donors (Lipinski definition) is 2. The summed E-state index contributed by atoms with van der Waals surface area (Å²) in [6.07, 6.45) is 1.80. The molecule has 194 valence electrons. The summed E-state index contributed by atoms with van der Waals surface area (Å²) in [5.41, 5.74) is 8.04. The van der Waals surface area contributed by atoms with E-state index in [4.69, 9.17) is 18.9 Å². The van der Waals surface area contributed by atoms with Crippen molar-refractivity contribution in [1.82, 2.24) is 4.37 Å². The highest BCUT2D eigenvalue weighted by Gasteiger charge is 2.22. The first kappa shape index (κ1) is 27.8. The van der Waals surface area contributed by atoms with Gasteiger partial charge in [-0.3, -0.25) is 4.79 Å². The number of carbonyl (C=O) groups is 1. The monoisotopic (exact) mass is 541 g/mol. The van der Waals surface area contributed by atoms with Gasteiger partial charge >= 0.3 is 0 Å². The normalized spacial score (nSPS) is 11.2. The van der Waals surface area contributed by atoms with Gasteiger partial charge in [0, 0.05) is 22.9 Å². The first-order chi connectivity index (χ1) is 17.5. The molecular formula is C27H28ClN3O5S. The second-order valence-electron chi connectivity index (χ2n) is 7.85. The number of ether oxygens (including phenoxy) is 4. The Labute approximate surface area is 225 Å². The number of quaternary nitrogens is 1. The maximum Gasteiger partial charge on any atom is 0.287 e. The molecule has 0 fully saturated rings. The fraction of sp³-hybridized carbons (Fsp3) is 0.185. The largest absolute Gasteiger partial charge is 1.00 e. The lowest BCUT2D eigenvalue weighted by atomic mass is 10.0. The van der Waals surface area contributed by atoms with Gasteiger partial charge in [-0.2, -0.15) is 4.37 Å². The zero-order valence-corrected chi connectivity index (χ0v) is 22.5. The number of aromatic nitrogens is 1. The van der Waals surface area contributed by atoms with Crippen LogP contribution in [0.25, 0.3) is 21.6 Å². The van der Waals surface area contributed by atoms with Crippen molar-refractivity contribution in [3.05, 3.63) is 72.4 Å². The van der Waals surface area contributed by atoms with Crippen LogP contribution in [0.1, 0.15) is 11.6 Å². The molecule has 4 rings (SSSR count). The number of nitrogens with zero attached hydrogens (tertiary/aromatic N) is 1. The number of amides is 1. The van der Waals surface area contributed by atoms with Crippen LogP contribution in [-0.2, 0) is 4.79 Å². The van der Waals surface area contributed by atoms with Crippen molar-refractivity contribution in [1.29, 1.82) is 0 Å². The Morgan fingerprint density at radius 1 is 0.865 bits per heavy atom. The molecule has 1 aromatic heterocycles. The summed E-state index contributed by atoms with van der Waals surface area (Å²) < 4.78 is 26.4. The van der Waals surface area contributed by atoms with Gasteiger partial charge in [-0.25, -0.2) is 0 Å². The van der Waals surface area contributed by atoms with Gasteiger partial charge in [-0.05, 0) is 41.4 Å². The molecular weight excluding hydrogens is 514 g/mol. The first-order valence-corrected chi connectivity index (χ1v) is 11.9. The maximum absolute atomic E-state index is 13.0. The molecule has 8 nitrogen and oxygen atoms in total. The number of carbonyl (C=O) groups excluding carboxylic acids is 1. The molecule has 4 N–H and O–H groups in total. The van der Waals surface area contributed by atoms with Crippen LogP contribution in [0.15, 0.2) is 66.9 Å². The van der Waals surface area contributed by atoms with E-state index >= 15 is 0 Å². The van der Waals surface area contributed by atoms with E-state index in [9.17, 15) is 4.79 Å². The molecule has 1 amide bonds. The van der Waals surface area contributed by atoms with Crippen LogP contribution in [0.5, 0.6) is 23.0 Å². The fourth-order valence-corrected chi connectivity index (χ4v) is 4.65. The molecule has 0 unspecified atom stereocenters.